The Morgan fingerprint density at radius 2 is 2.11 bits per heavy atom. The minimum atomic E-state index is -0.772. The molecule has 144 valence electrons. The molecule has 1 amide bonds. The molecule has 4 N–H and O–H groups in total. The number of halogens is 1. The van der Waals surface area contributed by atoms with Crippen molar-refractivity contribution < 1.29 is 14.3 Å². The first-order valence-electron chi connectivity index (χ1n) is 9.38. The standard InChI is InChI=1S/C20H20FN5O2/c1-8-19(23-10-3-4-10)25-18-13(22-8)6-5-12(21)15(18)14-7-11-17(24-14)16(9(2)27)26-20(11)28/h5-7,9-10,16,24,27H,3-4H2,1-2H3,(H,23,25)(H,26,28)/t9-,16+/m0/s1. The number of aromatic nitrogens is 3. The van der Waals surface area contributed by atoms with Crippen LogP contribution in [-0.2, 0) is 0 Å². The summed E-state index contributed by atoms with van der Waals surface area (Å²) >= 11 is 0. The third-order valence-electron chi connectivity index (χ3n) is 5.32. The number of nitrogens with one attached hydrogen (secondary N) is 3. The van der Waals surface area contributed by atoms with Gasteiger partial charge in [-0.3, -0.25) is 4.79 Å². The first-order chi connectivity index (χ1) is 13.4. The number of amides is 1. The molecular weight excluding hydrogens is 361 g/mol. The molecule has 3 aromatic rings. The van der Waals surface area contributed by atoms with E-state index in [1.54, 1.807) is 19.1 Å². The van der Waals surface area contributed by atoms with Crippen LogP contribution >= 0.6 is 0 Å². The Kier molecular flexibility index (Phi) is 3.67. The first kappa shape index (κ1) is 17.1. The molecule has 1 saturated carbocycles. The van der Waals surface area contributed by atoms with Gasteiger partial charge in [-0.25, -0.2) is 14.4 Å². The number of carbonyl (C=O) groups is 1. The zero-order valence-electron chi connectivity index (χ0n) is 15.5. The molecule has 3 heterocycles. The summed E-state index contributed by atoms with van der Waals surface area (Å²) in [5.74, 6) is -0.0837. The molecule has 2 aliphatic rings. The fourth-order valence-electron chi connectivity index (χ4n) is 3.69. The number of anilines is 1. The highest BCUT2D eigenvalue weighted by molar-refractivity contribution is 6.01. The molecule has 0 radical (unpaired) electrons. The summed E-state index contributed by atoms with van der Waals surface area (Å²) in [5.41, 5.74) is 3.47. The molecule has 2 aromatic heterocycles. The number of hydrogen-bond donors (Lipinski definition) is 4. The van der Waals surface area contributed by atoms with Crippen molar-refractivity contribution in [3.8, 4) is 11.3 Å². The molecule has 1 aliphatic heterocycles. The maximum absolute atomic E-state index is 14.9. The molecule has 5 rings (SSSR count). The van der Waals surface area contributed by atoms with Gasteiger partial charge in [0.15, 0.2) is 0 Å². The van der Waals surface area contributed by atoms with E-state index in [9.17, 15) is 14.3 Å². The second-order valence-corrected chi connectivity index (χ2v) is 7.57. The number of H-pyrrole nitrogens is 1. The van der Waals surface area contributed by atoms with Gasteiger partial charge in [0.05, 0.1) is 45.9 Å². The van der Waals surface area contributed by atoms with Crippen LogP contribution in [-0.4, -0.2) is 38.1 Å². The molecule has 7 nitrogen and oxygen atoms in total. The van der Waals surface area contributed by atoms with Crippen LogP contribution in [0.25, 0.3) is 22.3 Å². The third-order valence-corrected chi connectivity index (χ3v) is 5.32. The topological polar surface area (TPSA) is 103 Å². The van der Waals surface area contributed by atoms with Crippen molar-refractivity contribution >= 4 is 22.8 Å². The molecule has 0 bridgehead atoms. The van der Waals surface area contributed by atoms with E-state index in [0.717, 1.165) is 18.5 Å². The highest BCUT2D eigenvalue weighted by atomic mass is 19.1. The molecule has 1 fully saturated rings. The molecule has 1 aromatic carbocycles. The fourth-order valence-corrected chi connectivity index (χ4v) is 3.69. The van der Waals surface area contributed by atoms with E-state index in [0.29, 0.717) is 39.8 Å². The maximum atomic E-state index is 14.9. The van der Waals surface area contributed by atoms with Crippen LogP contribution in [0.15, 0.2) is 18.2 Å². The predicted molar refractivity (Wildman–Crippen MR) is 103 cm³/mol. The third kappa shape index (κ3) is 2.63. The number of fused-ring (bicyclic) bond motifs is 2. The van der Waals surface area contributed by atoms with E-state index in [-0.39, 0.29) is 11.5 Å². The van der Waals surface area contributed by atoms with E-state index in [4.69, 9.17) is 0 Å². The van der Waals surface area contributed by atoms with Gasteiger partial charge in [0.25, 0.3) is 5.91 Å². The molecule has 0 unspecified atom stereocenters. The quantitative estimate of drug-likeness (QED) is 0.557. The van der Waals surface area contributed by atoms with Crippen molar-refractivity contribution in [1.82, 2.24) is 20.3 Å². The second-order valence-electron chi connectivity index (χ2n) is 7.57. The van der Waals surface area contributed by atoms with E-state index in [1.807, 2.05) is 6.92 Å². The zero-order chi connectivity index (χ0) is 19.6. The van der Waals surface area contributed by atoms with Crippen molar-refractivity contribution in [2.24, 2.45) is 0 Å². The van der Waals surface area contributed by atoms with Crippen molar-refractivity contribution in [2.45, 2.75) is 44.9 Å². The van der Waals surface area contributed by atoms with Gasteiger partial charge in [0, 0.05) is 6.04 Å². The van der Waals surface area contributed by atoms with Crippen LogP contribution < -0.4 is 10.6 Å². The summed E-state index contributed by atoms with van der Waals surface area (Å²) in [4.78, 5) is 24.6. The highest BCUT2D eigenvalue weighted by Crippen LogP contribution is 2.36. The van der Waals surface area contributed by atoms with E-state index in [2.05, 4.69) is 25.6 Å². The average Bonchev–Trinajstić information content (AvgIpc) is 3.27. The Hall–Kier alpha value is -3.00. The van der Waals surface area contributed by atoms with Gasteiger partial charge in [-0.15, -0.1) is 0 Å². The lowest BCUT2D eigenvalue weighted by Gasteiger charge is -2.14. The first-order valence-corrected chi connectivity index (χ1v) is 9.38. The Bertz CT molecular complexity index is 1120. The summed E-state index contributed by atoms with van der Waals surface area (Å²) < 4.78 is 14.9. The monoisotopic (exact) mass is 381 g/mol. The van der Waals surface area contributed by atoms with Crippen LogP contribution in [0.4, 0.5) is 10.2 Å². The zero-order valence-corrected chi connectivity index (χ0v) is 15.5. The van der Waals surface area contributed by atoms with Crippen LogP contribution in [0.3, 0.4) is 0 Å². The van der Waals surface area contributed by atoms with Crippen molar-refractivity contribution in [2.75, 3.05) is 5.32 Å². The molecule has 0 spiro atoms. The largest absolute Gasteiger partial charge is 0.391 e. The molecular formula is C20H20FN5O2. The van der Waals surface area contributed by atoms with Gasteiger partial charge >= 0.3 is 0 Å². The highest BCUT2D eigenvalue weighted by Gasteiger charge is 2.34. The van der Waals surface area contributed by atoms with Crippen molar-refractivity contribution in [3.63, 3.8) is 0 Å². The normalized spacial score (nSPS) is 19.6. The summed E-state index contributed by atoms with van der Waals surface area (Å²) in [5, 5.41) is 16.0. The van der Waals surface area contributed by atoms with E-state index < -0.39 is 18.0 Å². The van der Waals surface area contributed by atoms with Crippen molar-refractivity contribution in [1.29, 1.82) is 0 Å². The lowest BCUT2D eigenvalue weighted by atomic mass is 10.1. The number of rotatable bonds is 4. The number of aromatic amines is 1. The van der Waals surface area contributed by atoms with Gasteiger partial charge in [0.2, 0.25) is 0 Å². The van der Waals surface area contributed by atoms with Crippen molar-refractivity contribution in [3.05, 3.63) is 41.0 Å². The summed E-state index contributed by atoms with van der Waals surface area (Å²) in [7, 11) is 0. The van der Waals surface area contributed by atoms with Crippen LogP contribution in [0, 0.1) is 12.7 Å². The molecule has 28 heavy (non-hydrogen) atoms. The average molecular weight is 381 g/mol. The van der Waals surface area contributed by atoms with Gasteiger partial charge in [-0.2, -0.15) is 0 Å². The van der Waals surface area contributed by atoms with Gasteiger partial charge < -0.3 is 20.7 Å². The minimum absolute atomic E-state index is 0.274. The number of aliphatic hydroxyl groups is 1. The SMILES string of the molecule is Cc1nc2ccc(F)c(-c3cc4c([nH]3)[C@@H]([C@H](C)O)NC4=O)c2nc1NC1CC1. The lowest BCUT2D eigenvalue weighted by Crippen LogP contribution is -2.28. The number of aliphatic hydroxyl groups excluding tert-OH is 1. The molecule has 1 aliphatic carbocycles. The summed E-state index contributed by atoms with van der Waals surface area (Å²) in [6.45, 7) is 3.48. The second kappa shape index (κ2) is 6.00. The smallest absolute Gasteiger partial charge is 0.253 e. The summed E-state index contributed by atoms with van der Waals surface area (Å²) in [6, 6.07) is 4.43. The van der Waals surface area contributed by atoms with E-state index >= 15 is 0 Å². The Morgan fingerprint density at radius 1 is 1.32 bits per heavy atom. The number of benzene rings is 1. The number of hydrogen-bond acceptors (Lipinski definition) is 5. The Balaban J connectivity index is 1.68. The number of aryl methyl sites for hydroxylation is 1. The predicted octanol–water partition coefficient (Wildman–Crippen LogP) is 2.81. The summed E-state index contributed by atoms with van der Waals surface area (Å²) in [6.07, 6.45) is 1.41. The van der Waals surface area contributed by atoms with Crippen LogP contribution in [0.5, 0.6) is 0 Å². The molecule has 0 saturated heterocycles. The lowest BCUT2D eigenvalue weighted by molar-refractivity contribution is 0.0899. The number of carbonyl (C=O) groups excluding carboxylic acids is 1. The minimum Gasteiger partial charge on any atom is -0.391 e. The fraction of sp³-hybridized carbons (Fsp3) is 0.350. The molecule has 2 atom stereocenters. The van der Waals surface area contributed by atoms with Gasteiger partial charge in [-0.05, 0) is 44.9 Å². The molecule has 8 heteroatoms. The van der Waals surface area contributed by atoms with Crippen LogP contribution in [0.2, 0.25) is 0 Å². The van der Waals surface area contributed by atoms with Crippen LogP contribution in [0.1, 0.15) is 47.6 Å². The van der Waals surface area contributed by atoms with E-state index in [1.165, 1.54) is 6.07 Å². The number of nitrogens with zero attached hydrogens (tertiary/aromatic N) is 2. The maximum Gasteiger partial charge on any atom is 0.253 e. The van der Waals surface area contributed by atoms with Gasteiger partial charge in [-0.1, -0.05) is 0 Å². The Morgan fingerprint density at radius 3 is 2.82 bits per heavy atom. The van der Waals surface area contributed by atoms with Gasteiger partial charge in [0.1, 0.15) is 17.2 Å². The Labute approximate surface area is 160 Å².